The average molecular weight is 336 g/mol. The van der Waals surface area contributed by atoms with Crippen LogP contribution in [-0.2, 0) is 10.9 Å². The van der Waals surface area contributed by atoms with Crippen molar-refractivity contribution in [3.8, 4) is 11.3 Å². The van der Waals surface area contributed by atoms with Crippen molar-refractivity contribution in [2.75, 3.05) is 26.3 Å². The van der Waals surface area contributed by atoms with Crippen LogP contribution in [0.25, 0.3) is 11.3 Å². The van der Waals surface area contributed by atoms with Gasteiger partial charge in [0.2, 0.25) is 0 Å². The van der Waals surface area contributed by atoms with Crippen LogP contribution < -0.4 is 0 Å². The molecule has 3 nitrogen and oxygen atoms in total. The molecule has 0 unspecified atom stereocenters. The molecule has 1 fully saturated rings. The molecule has 2 heterocycles. The van der Waals surface area contributed by atoms with E-state index in [0.717, 1.165) is 44.0 Å². The molecule has 6 heteroatoms. The first-order valence-corrected chi connectivity index (χ1v) is 7.90. The van der Waals surface area contributed by atoms with Crippen LogP contribution >= 0.6 is 0 Å². The Morgan fingerprint density at radius 2 is 1.75 bits per heavy atom. The molecular formula is C18H19F3N2O. The Kier molecular flexibility index (Phi) is 4.87. The lowest BCUT2D eigenvalue weighted by molar-refractivity contribution is -0.137. The first-order valence-electron chi connectivity index (χ1n) is 7.90. The van der Waals surface area contributed by atoms with Crippen LogP contribution in [0.15, 0.2) is 42.6 Å². The summed E-state index contributed by atoms with van der Waals surface area (Å²) in [6, 6.07) is 9.88. The predicted octanol–water partition coefficient (Wildman–Crippen LogP) is 4.16. The van der Waals surface area contributed by atoms with Crippen molar-refractivity contribution in [1.82, 2.24) is 9.88 Å². The van der Waals surface area contributed by atoms with Crippen LogP contribution in [-0.4, -0.2) is 36.2 Å². The van der Waals surface area contributed by atoms with Gasteiger partial charge in [-0.1, -0.05) is 24.3 Å². The number of alkyl halides is 3. The molecule has 0 aliphatic carbocycles. The topological polar surface area (TPSA) is 25.4 Å². The molecule has 1 aliphatic rings. The molecule has 128 valence electrons. The maximum Gasteiger partial charge on any atom is 0.416 e. The summed E-state index contributed by atoms with van der Waals surface area (Å²) in [6.07, 6.45) is -3.16. The second kappa shape index (κ2) is 6.91. The zero-order valence-corrected chi connectivity index (χ0v) is 13.4. The maximum absolute atomic E-state index is 12.8. The molecule has 1 aromatic heterocycles. The summed E-state index contributed by atoms with van der Waals surface area (Å²) in [5.41, 5.74) is 1.46. The van der Waals surface area contributed by atoms with Gasteiger partial charge in [0.15, 0.2) is 0 Å². The van der Waals surface area contributed by atoms with Gasteiger partial charge < -0.3 is 4.74 Å². The molecule has 1 aromatic carbocycles. The third kappa shape index (κ3) is 3.76. The van der Waals surface area contributed by atoms with Gasteiger partial charge in [-0.05, 0) is 24.6 Å². The molecule has 24 heavy (non-hydrogen) atoms. The Labute approximate surface area is 139 Å². The fraction of sp³-hybridized carbons (Fsp3) is 0.389. The zero-order valence-electron chi connectivity index (χ0n) is 13.4. The van der Waals surface area contributed by atoms with Crippen molar-refractivity contribution in [2.24, 2.45) is 0 Å². The second-order valence-electron chi connectivity index (χ2n) is 5.87. The van der Waals surface area contributed by atoms with Crippen LogP contribution in [0.3, 0.4) is 0 Å². The van der Waals surface area contributed by atoms with Gasteiger partial charge >= 0.3 is 6.18 Å². The Balaban J connectivity index is 1.79. The van der Waals surface area contributed by atoms with Gasteiger partial charge in [-0.2, -0.15) is 13.2 Å². The number of hydrogen-bond donors (Lipinski definition) is 0. The van der Waals surface area contributed by atoms with Crippen molar-refractivity contribution in [1.29, 1.82) is 0 Å². The number of nitrogens with zero attached hydrogens (tertiary/aromatic N) is 2. The molecule has 0 bridgehead atoms. The van der Waals surface area contributed by atoms with Crippen LogP contribution in [0.4, 0.5) is 13.2 Å². The van der Waals surface area contributed by atoms with Gasteiger partial charge in [0, 0.05) is 30.9 Å². The molecule has 0 amide bonds. The smallest absolute Gasteiger partial charge is 0.379 e. The monoisotopic (exact) mass is 336 g/mol. The molecule has 0 saturated carbocycles. The molecule has 0 N–H and O–H groups in total. The van der Waals surface area contributed by atoms with Gasteiger partial charge in [0.1, 0.15) is 0 Å². The lowest BCUT2D eigenvalue weighted by Crippen LogP contribution is -2.37. The summed E-state index contributed by atoms with van der Waals surface area (Å²) in [7, 11) is 0. The molecule has 0 radical (unpaired) electrons. The molecule has 0 spiro atoms. The van der Waals surface area contributed by atoms with Crippen molar-refractivity contribution < 1.29 is 17.9 Å². The van der Waals surface area contributed by atoms with Gasteiger partial charge in [0.05, 0.1) is 24.5 Å². The lowest BCUT2D eigenvalue weighted by Gasteiger charge is -2.32. The highest BCUT2D eigenvalue weighted by molar-refractivity contribution is 5.60. The van der Waals surface area contributed by atoms with E-state index in [2.05, 4.69) is 16.8 Å². The van der Waals surface area contributed by atoms with Crippen molar-refractivity contribution in [3.05, 3.63) is 53.7 Å². The van der Waals surface area contributed by atoms with E-state index in [1.165, 1.54) is 6.20 Å². The molecule has 1 aliphatic heterocycles. The summed E-state index contributed by atoms with van der Waals surface area (Å²) in [5.74, 6) is 0. The minimum absolute atomic E-state index is 0.248. The maximum atomic E-state index is 12.8. The summed E-state index contributed by atoms with van der Waals surface area (Å²) < 4.78 is 43.8. The van der Waals surface area contributed by atoms with E-state index in [9.17, 15) is 13.2 Å². The Hall–Kier alpha value is -1.92. The van der Waals surface area contributed by atoms with E-state index in [-0.39, 0.29) is 6.04 Å². The van der Waals surface area contributed by atoms with E-state index in [0.29, 0.717) is 11.3 Å². The molecular weight excluding hydrogens is 317 g/mol. The summed E-state index contributed by atoms with van der Waals surface area (Å²) in [6.45, 7) is 5.37. The second-order valence-corrected chi connectivity index (χ2v) is 5.87. The van der Waals surface area contributed by atoms with Gasteiger partial charge in [-0.3, -0.25) is 9.88 Å². The molecule has 1 saturated heterocycles. The molecule has 3 rings (SSSR count). The number of benzene rings is 1. The summed E-state index contributed by atoms with van der Waals surface area (Å²) in [5, 5.41) is 0. The van der Waals surface area contributed by atoms with Gasteiger partial charge in [-0.25, -0.2) is 0 Å². The number of halogens is 3. The number of rotatable bonds is 3. The number of pyridine rings is 1. The standard InChI is InChI=1S/C18H19F3N2O/c1-13(23-8-10-24-11-9-23)14-2-4-15(5-3-14)17-12-16(6-7-22-17)18(19,20)21/h2-7,12-13H,8-11H2,1H3/t13-/m1/s1. The third-order valence-corrected chi connectivity index (χ3v) is 4.37. The number of aromatic nitrogens is 1. The number of ether oxygens (including phenoxy) is 1. The van der Waals surface area contributed by atoms with Gasteiger partial charge in [-0.15, -0.1) is 0 Å². The summed E-state index contributed by atoms with van der Waals surface area (Å²) in [4.78, 5) is 6.39. The largest absolute Gasteiger partial charge is 0.416 e. The molecule has 2 aromatic rings. The predicted molar refractivity (Wildman–Crippen MR) is 85.5 cm³/mol. The molecule has 1 atom stereocenters. The Morgan fingerprint density at radius 3 is 2.38 bits per heavy atom. The minimum atomic E-state index is -4.36. The SMILES string of the molecule is C[C@H](c1ccc(-c2cc(C(F)(F)F)ccn2)cc1)N1CCOCC1. The quantitative estimate of drug-likeness (QED) is 0.841. The highest BCUT2D eigenvalue weighted by Gasteiger charge is 2.30. The fourth-order valence-electron chi connectivity index (χ4n) is 2.87. The van der Waals surface area contributed by atoms with Gasteiger partial charge in [0.25, 0.3) is 0 Å². The first kappa shape index (κ1) is 16.9. The van der Waals surface area contributed by atoms with Crippen LogP contribution in [0.1, 0.15) is 24.1 Å². The third-order valence-electron chi connectivity index (χ3n) is 4.37. The van der Waals surface area contributed by atoms with Crippen molar-refractivity contribution in [3.63, 3.8) is 0 Å². The van der Waals surface area contributed by atoms with Crippen LogP contribution in [0.5, 0.6) is 0 Å². The minimum Gasteiger partial charge on any atom is -0.379 e. The van der Waals surface area contributed by atoms with Crippen molar-refractivity contribution in [2.45, 2.75) is 19.1 Å². The zero-order chi connectivity index (χ0) is 17.2. The van der Waals surface area contributed by atoms with E-state index < -0.39 is 11.7 Å². The average Bonchev–Trinajstić information content (AvgIpc) is 2.61. The Bertz CT molecular complexity index is 679. The van der Waals surface area contributed by atoms with Crippen LogP contribution in [0, 0.1) is 0 Å². The number of hydrogen-bond acceptors (Lipinski definition) is 3. The highest BCUT2D eigenvalue weighted by Crippen LogP contribution is 2.31. The van der Waals surface area contributed by atoms with Crippen LogP contribution in [0.2, 0.25) is 0 Å². The van der Waals surface area contributed by atoms with E-state index in [1.807, 2.05) is 24.3 Å². The Morgan fingerprint density at radius 1 is 1.08 bits per heavy atom. The highest BCUT2D eigenvalue weighted by atomic mass is 19.4. The van der Waals surface area contributed by atoms with Crippen molar-refractivity contribution >= 4 is 0 Å². The first-order chi connectivity index (χ1) is 11.4. The lowest BCUT2D eigenvalue weighted by atomic mass is 10.0. The van der Waals surface area contributed by atoms with E-state index in [4.69, 9.17) is 4.74 Å². The van der Waals surface area contributed by atoms with E-state index in [1.54, 1.807) is 0 Å². The number of morpholine rings is 1. The summed E-state index contributed by atoms with van der Waals surface area (Å²) >= 11 is 0. The fourth-order valence-corrected chi connectivity index (χ4v) is 2.87. The normalized spacial score (nSPS) is 17.7. The van der Waals surface area contributed by atoms with E-state index >= 15 is 0 Å².